The Morgan fingerprint density at radius 2 is 2.00 bits per heavy atom. The fourth-order valence-corrected chi connectivity index (χ4v) is 1.73. The molecule has 1 aliphatic carbocycles. The van der Waals surface area contributed by atoms with Gasteiger partial charge in [-0.1, -0.05) is 27.7 Å². The van der Waals surface area contributed by atoms with Crippen molar-refractivity contribution in [2.24, 2.45) is 17.3 Å². The third-order valence-corrected chi connectivity index (χ3v) is 3.41. The van der Waals surface area contributed by atoms with Gasteiger partial charge in [-0.3, -0.25) is 0 Å². The van der Waals surface area contributed by atoms with Crippen LogP contribution in [0.1, 0.15) is 47.0 Å². The average Bonchev–Trinajstić information content (AvgIpc) is 2.98. The van der Waals surface area contributed by atoms with Crippen LogP contribution in [0, 0.1) is 17.3 Å². The second kappa shape index (κ2) is 6.61. The van der Waals surface area contributed by atoms with E-state index in [1.54, 1.807) is 0 Å². The number of rotatable bonds is 8. The molecule has 16 heavy (non-hydrogen) atoms. The minimum Gasteiger partial charge on any atom is -0.381 e. The Hall–Kier alpha value is -0.0800. The molecule has 2 heteroatoms. The van der Waals surface area contributed by atoms with E-state index in [-0.39, 0.29) is 0 Å². The van der Waals surface area contributed by atoms with Crippen molar-refractivity contribution in [3.05, 3.63) is 0 Å². The highest BCUT2D eigenvalue weighted by Gasteiger charge is 2.26. The number of nitrogens with one attached hydrogen (secondary N) is 1. The summed E-state index contributed by atoms with van der Waals surface area (Å²) in [6, 6.07) is 0. The van der Waals surface area contributed by atoms with Gasteiger partial charge in [0.25, 0.3) is 0 Å². The van der Waals surface area contributed by atoms with Crippen LogP contribution in [0.15, 0.2) is 0 Å². The summed E-state index contributed by atoms with van der Waals surface area (Å²) >= 11 is 0. The monoisotopic (exact) mass is 227 g/mol. The van der Waals surface area contributed by atoms with Crippen molar-refractivity contribution in [2.45, 2.75) is 47.0 Å². The SMILES string of the molecule is CCCNCC(COCC1CC1)C(C)(C)C. The Labute approximate surface area is 101 Å². The zero-order chi connectivity index (χ0) is 12.0. The topological polar surface area (TPSA) is 21.3 Å². The molecule has 1 N–H and O–H groups in total. The maximum Gasteiger partial charge on any atom is 0.0511 e. The van der Waals surface area contributed by atoms with E-state index >= 15 is 0 Å². The normalized spacial score (nSPS) is 18.8. The first kappa shape index (κ1) is 14.0. The van der Waals surface area contributed by atoms with Crippen molar-refractivity contribution in [1.82, 2.24) is 5.32 Å². The van der Waals surface area contributed by atoms with Crippen molar-refractivity contribution < 1.29 is 4.74 Å². The van der Waals surface area contributed by atoms with Gasteiger partial charge in [-0.25, -0.2) is 0 Å². The Morgan fingerprint density at radius 3 is 2.50 bits per heavy atom. The average molecular weight is 227 g/mol. The van der Waals surface area contributed by atoms with Crippen molar-refractivity contribution in [3.8, 4) is 0 Å². The number of hydrogen-bond donors (Lipinski definition) is 1. The van der Waals surface area contributed by atoms with Crippen molar-refractivity contribution >= 4 is 0 Å². The Bertz CT molecular complexity index is 182. The lowest BCUT2D eigenvalue weighted by molar-refractivity contribution is 0.0498. The van der Waals surface area contributed by atoms with Crippen LogP contribution in [0.3, 0.4) is 0 Å². The number of ether oxygens (including phenoxy) is 1. The first-order chi connectivity index (χ1) is 7.54. The van der Waals surface area contributed by atoms with Gasteiger partial charge >= 0.3 is 0 Å². The third-order valence-electron chi connectivity index (χ3n) is 3.41. The van der Waals surface area contributed by atoms with Crippen LogP contribution in [0.5, 0.6) is 0 Å². The predicted molar refractivity (Wildman–Crippen MR) is 69.6 cm³/mol. The zero-order valence-corrected chi connectivity index (χ0v) is 11.5. The Morgan fingerprint density at radius 1 is 1.31 bits per heavy atom. The molecule has 0 aliphatic heterocycles. The van der Waals surface area contributed by atoms with E-state index in [0.29, 0.717) is 11.3 Å². The molecule has 0 aromatic carbocycles. The summed E-state index contributed by atoms with van der Waals surface area (Å²) in [6.45, 7) is 13.3. The molecule has 96 valence electrons. The van der Waals surface area contributed by atoms with E-state index < -0.39 is 0 Å². The van der Waals surface area contributed by atoms with Crippen LogP contribution in [-0.2, 0) is 4.74 Å². The quantitative estimate of drug-likeness (QED) is 0.643. The molecule has 0 saturated heterocycles. The molecule has 0 amide bonds. The molecule has 1 fully saturated rings. The van der Waals surface area contributed by atoms with Crippen LogP contribution < -0.4 is 5.32 Å². The molecule has 0 radical (unpaired) electrons. The van der Waals surface area contributed by atoms with E-state index in [1.807, 2.05) is 0 Å². The van der Waals surface area contributed by atoms with Gasteiger partial charge in [0.05, 0.1) is 6.61 Å². The van der Waals surface area contributed by atoms with Gasteiger partial charge < -0.3 is 10.1 Å². The summed E-state index contributed by atoms with van der Waals surface area (Å²) < 4.78 is 5.84. The van der Waals surface area contributed by atoms with Gasteiger partial charge in [-0.2, -0.15) is 0 Å². The van der Waals surface area contributed by atoms with Gasteiger partial charge in [-0.15, -0.1) is 0 Å². The fourth-order valence-electron chi connectivity index (χ4n) is 1.73. The first-order valence-corrected chi connectivity index (χ1v) is 6.82. The van der Waals surface area contributed by atoms with Crippen LogP contribution in [0.2, 0.25) is 0 Å². The Balaban J connectivity index is 2.19. The summed E-state index contributed by atoms with van der Waals surface area (Å²) in [5.74, 6) is 1.50. The van der Waals surface area contributed by atoms with Gasteiger partial charge in [-0.05, 0) is 43.1 Å². The molecule has 1 unspecified atom stereocenters. The second-order valence-electron chi connectivity index (χ2n) is 6.25. The predicted octanol–water partition coefficient (Wildman–Crippen LogP) is 3.07. The van der Waals surface area contributed by atoms with Crippen LogP contribution in [0.4, 0.5) is 0 Å². The second-order valence-corrected chi connectivity index (χ2v) is 6.25. The van der Waals surface area contributed by atoms with Gasteiger partial charge in [0.2, 0.25) is 0 Å². The minimum atomic E-state index is 0.338. The highest BCUT2D eigenvalue weighted by atomic mass is 16.5. The molecule has 0 aromatic rings. The maximum absolute atomic E-state index is 5.84. The summed E-state index contributed by atoms with van der Waals surface area (Å²) in [5.41, 5.74) is 0.338. The van der Waals surface area contributed by atoms with E-state index in [9.17, 15) is 0 Å². The van der Waals surface area contributed by atoms with Crippen LogP contribution in [-0.4, -0.2) is 26.3 Å². The van der Waals surface area contributed by atoms with Crippen molar-refractivity contribution in [2.75, 3.05) is 26.3 Å². The van der Waals surface area contributed by atoms with Gasteiger partial charge in [0.15, 0.2) is 0 Å². The highest BCUT2D eigenvalue weighted by molar-refractivity contribution is 4.77. The van der Waals surface area contributed by atoms with Crippen molar-refractivity contribution in [1.29, 1.82) is 0 Å². The summed E-state index contributed by atoms with van der Waals surface area (Å²) in [4.78, 5) is 0. The van der Waals surface area contributed by atoms with Crippen LogP contribution in [0.25, 0.3) is 0 Å². The minimum absolute atomic E-state index is 0.338. The number of hydrogen-bond acceptors (Lipinski definition) is 2. The zero-order valence-electron chi connectivity index (χ0n) is 11.5. The summed E-state index contributed by atoms with van der Waals surface area (Å²) in [6.07, 6.45) is 3.97. The molecule has 1 aliphatic rings. The summed E-state index contributed by atoms with van der Waals surface area (Å²) in [7, 11) is 0. The van der Waals surface area contributed by atoms with E-state index in [0.717, 1.165) is 32.2 Å². The fraction of sp³-hybridized carbons (Fsp3) is 1.00. The molecule has 0 spiro atoms. The van der Waals surface area contributed by atoms with Crippen molar-refractivity contribution in [3.63, 3.8) is 0 Å². The van der Waals surface area contributed by atoms with Gasteiger partial charge in [0, 0.05) is 13.2 Å². The smallest absolute Gasteiger partial charge is 0.0511 e. The summed E-state index contributed by atoms with van der Waals surface area (Å²) in [5, 5.41) is 3.52. The standard InChI is InChI=1S/C14H29NO/c1-5-8-15-9-13(14(2,3)4)11-16-10-12-6-7-12/h12-13,15H,5-11H2,1-4H3. The molecule has 0 heterocycles. The van der Waals surface area contributed by atoms with E-state index in [1.165, 1.54) is 19.3 Å². The molecule has 1 atom stereocenters. The molecule has 2 nitrogen and oxygen atoms in total. The third kappa shape index (κ3) is 5.86. The molecule has 1 rings (SSSR count). The molecule has 0 bridgehead atoms. The first-order valence-electron chi connectivity index (χ1n) is 6.82. The molecular formula is C14H29NO. The maximum atomic E-state index is 5.84. The molecule has 1 saturated carbocycles. The van der Waals surface area contributed by atoms with E-state index in [4.69, 9.17) is 4.74 Å². The highest BCUT2D eigenvalue weighted by Crippen LogP contribution is 2.30. The Kier molecular flexibility index (Phi) is 5.77. The molecule has 0 aromatic heterocycles. The lowest BCUT2D eigenvalue weighted by Crippen LogP contribution is -2.35. The largest absolute Gasteiger partial charge is 0.381 e. The molecular weight excluding hydrogens is 198 g/mol. The van der Waals surface area contributed by atoms with E-state index in [2.05, 4.69) is 33.0 Å². The lowest BCUT2D eigenvalue weighted by atomic mass is 9.81. The van der Waals surface area contributed by atoms with Crippen LogP contribution >= 0.6 is 0 Å². The van der Waals surface area contributed by atoms with Gasteiger partial charge in [0.1, 0.15) is 0 Å². The lowest BCUT2D eigenvalue weighted by Gasteiger charge is -2.31.